The molecule has 2 nitrogen and oxygen atoms in total. The van der Waals surface area contributed by atoms with Crippen molar-refractivity contribution in [2.24, 2.45) is 0 Å². The standard InChI is InChI=1S/C44H26Br2N2/c45-26-17-19-31(39(23-26)47-28-9-3-1-4-10-28)30-21-22-35-38-25-41-44(36-20-18-27(46)24-40(36)48(41)29-11-5-2-6-12-29)37-16-8-15-34(43(37)38)33-14-7-13-32(30)42(33)35/h1-25,47H. The summed E-state index contributed by atoms with van der Waals surface area (Å²) in [6.07, 6.45) is 0. The third-order valence-corrected chi connectivity index (χ3v) is 10.8. The van der Waals surface area contributed by atoms with Crippen LogP contribution in [0.1, 0.15) is 0 Å². The Morgan fingerprint density at radius 3 is 1.79 bits per heavy atom. The first-order valence-electron chi connectivity index (χ1n) is 16.1. The Morgan fingerprint density at radius 1 is 0.396 bits per heavy atom. The molecule has 48 heavy (non-hydrogen) atoms. The number of para-hydroxylation sites is 2. The number of benzene rings is 9. The minimum atomic E-state index is 1.04. The van der Waals surface area contributed by atoms with Crippen LogP contribution in [0.15, 0.2) is 161 Å². The maximum Gasteiger partial charge on any atom is 0.0553 e. The van der Waals surface area contributed by atoms with Crippen molar-refractivity contribution in [3.05, 3.63) is 161 Å². The van der Waals surface area contributed by atoms with Crippen molar-refractivity contribution in [1.29, 1.82) is 0 Å². The van der Waals surface area contributed by atoms with Gasteiger partial charge in [0, 0.05) is 42.3 Å². The van der Waals surface area contributed by atoms with Crippen LogP contribution in [0.25, 0.3) is 81.7 Å². The van der Waals surface area contributed by atoms with Gasteiger partial charge in [-0.25, -0.2) is 0 Å². The molecule has 0 bridgehead atoms. The van der Waals surface area contributed by atoms with E-state index in [1.165, 1.54) is 76.0 Å². The van der Waals surface area contributed by atoms with Crippen LogP contribution in [-0.4, -0.2) is 4.57 Å². The average Bonchev–Trinajstić information content (AvgIpc) is 3.44. The summed E-state index contributed by atoms with van der Waals surface area (Å²) < 4.78 is 4.54. The lowest BCUT2D eigenvalue weighted by atomic mass is 9.86. The molecule has 1 N–H and O–H groups in total. The molecule has 226 valence electrons. The highest BCUT2D eigenvalue weighted by Crippen LogP contribution is 2.48. The van der Waals surface area contributed by atoms with Gasteiger partial charge in [0.25, 0.3) is 0 Å². The van der Waals surface area contributed by atoms with Crippen molar-refractivity contribution in [3.63, 3.8) is 0 Å². The second-order valence-electron chi connectivity index (χ2n) is 12.4. The Morgan fingerprint density at radius 2 is 1.00 bits per heavy atom. The minimum absolute atomic E-state index is 1.04. The van der Waals surface area contributed by atoms with Gasteiger partial charge in [-0.3, -0.25) is 0 Å². The number of nitrogens with one attached hydrogen (secondary N) is 1. The summed E-state index contributed by atoms with van der Waals surface area (Å²) in [5.74, 6) is 0. The van der Waals surface area contributed by atoms with Crippen LogP contribution in [0.5, 0.6) is 0 Å². The fourth-order valence-electron chi connectivity index (χ4n) is 7.87. The second kappa shape index (κ2) is 10.7. The molecule has 4 heteroatoms. The fourth-order valence-corrected chi connectivity index (χ4v) is 8.58. The summed E-state index contributed by atoms with van der Waals surface area (Å²) in [5.41, 5.74) is 8.07. The SMILES string of the molecule is Brc1ccc(-c2ccc3c4cc5c(c6cccc(c7cccc2c73)c46)c2ccc(Br)cc2n5-c2ccccc2)c(Nc2ccccc2)c1. The Kier molecular flexibility index (Phi) is 6.21. The highest BCUT2D eigenvalue weighted by molar-refractivity contribution is 9.10. The van der Waals surface area contributed by atoms with Crippen molar-refractivity contribution in [2.45, 2.75) is 0 Å². The smallest absolute Gasteiger partial charge is 0.0553 e. The van der Waals surface area contributed by atoms with Crippen LogP contribution in [0.4, 0.5) is 11.4 Å². The molecule has 10 aromatic rings. The van der Waals surface area contributed by atoms with Crippen molar-refractivity contribution in [1.82, 2.24) is 4.57 Å². The van der Waals surface area contributed by atoms with Crippen molar-refractivity contribution in [2.75, 3.05) is 5.32 Å². The van der Waals surface area contributed by atoms with E-state index < -0.39 is 0 Å². The van der Waals surface area contributed by atoms with Crippen LogP contribution >= 0.6 is 31.9 Å². The van der Waals surface area contributed by atoms with Gasteiger partial charge in [0.05, 0.1) is 11.0 Å². The van der Waals surface area contributed by atoms with E-state index in [9.17, 15) is 0 Å². The van der Waals surface area contributed by atoms with E-state index in [2.05, 4.69) is 187 Å². The predicted octanol–water partition coefficient (Wildman–Crippen LogP) is 13.8. The summed E-state index contributed by atoms with van der Waals surface area (Å²) in [4.78, 5) is 0. The van der Waals surface area contributed by atoms with Gasteiger partial charge in [-0.05, 0) is 103 Å². The van der Waals surface area contributed by atoms with E-state index in [1.54, 1.807) is 0 Å². The van der Waals surface area contributed by atoms with Gasteiger partial charge in [-0.2, -0.15) is 0 Å². The molecule has 0 aliphatic rings. The second-order valence-corrected chi connectivity index (χ2v) is 14.3. The lowest BCUT2D eigenvalue weighted by molar-refractivity contribution is 1.18. The average molecular weight is 743 g/mol. The molecule has 10 rings (SSSR count). The zero-order valence-electron chi connectivity index (χ0n) is 25.6. The van der Waals surface area contributed by atoms with Gasteiger partial charge in [0.2, 0.25) is 0 Å². The zero-order valence-corrected chi connectivity index (χ0v) is 28.8. The lowest BCUT2D eigenvalue weighted by Gasteiger charge is -2.19. The quantitative estimate of drug-likeness (QED) is 0.140. The molecule has 0 aliphatic carbocycles. The highest BCUT2D eigenvalue weighted by atomic mass is 79.9. The molecule has 9 aromatic carbocycles. The van der Waals surface area contributed by atoms with Crippen LogP contribution < -0.4 is 5.32 Å². The molecule has 0 radical (unpaired) electrons. The summed E-state index contributed by atoms with van der Waals surface area (Å²) >= 11 is 7.49. The van der Waals surface area contributed by atoms with Gasteiger partial charge >= 0.3 is 0 Å². The molecule has 0 saturated heterocycles. The maximum atomic E-state index is 3.77. The number of rotatable bonds is 4. The van der Waals surface area contributed by atoms with Crippen LogP contribution in [0, 0.1) is 0 Å². The monoisotopic (exact) mass is 740 g/mol. The molecular weight excluding hydrogens is 716 g/mol. The summed E-state index contributed by atoms with van der Waals surface area (Å²) in [5, 5.41) is 16.5. The zero-order chi connectivity index (χ0) is 31.9. The number of halogens is 2. The Bertz CT molecular complexity index is 2870. The molecule has 0 spiro atoms. The number of anilines is 2. The molecule has 1 heterocycles. The minimum Gasteiger partial charge on any atom is -0.355 e. The number of aromatic nitrogens is 1. The number of hydrogen-bond donors (Lipinski definition) is 1. The van der Waals surface area contributed by atoms with Gasteiger partial charge in [0.15, 0.2) is 0 Å². The molecule has 0 atom stereocenters. The largest absolute Gasteiger partial charge is 0.355 e. The Hall–Kier alpha value is -5.16. The Balaban J connectivity index is 1.33. The van der Waals surface area contributed by atoms with E-state index >= 15 is 0 Å². The normalized spacial score (nSPS) is 12.0. The van der Waals surface area contributed by atoms with Gasteiger partial charge in [0.1, 0.15) is 0 Å². The van der Waals surface area contributed by atoms with E-state index in [-0.39, 0.29) is 0 Å². The van der Waals surface area contributed by atoms with Crippen molar-refractivity contribution >= 4 is 108 Å². The number of fused-ring (bicyclic) bond motifs is 6. The molecule has 1 aromatic heterocycles. The number of hydrogen-bond acceptors (Lipinski definition) is 1. The molecular formula is C44H26Br2N2. The van der Waals surface area contributed by atoms with Crippen molar-refractivity contribution < 1.29 is 0 Å². The molecule has 0 amide bonds. The highest BCUT2D eigenvalue weighted by Gasteiger charge is 2.21. The predicted molar refractivity (Wildman–Crippen MR) is 213 cm³/mol. The van der Waals surface area contributed by atoms with Crippen LogP contribution in [0.2, 0.25) is 0 Å². The summed E-state index contributed by atoms with van der Waals surface area (Å²) in [6, 6.07) is 55.1. The van der Waals surface area contributed by atoms with Crippen LogP contribution in [0.3, 0.4) is 0 Å². The molecule has 0 fully saturated rings. The first-order valence-corrected chi connectivity index (χ1v) is 17.7. The van der Waals surface area contributed by atoms with E-state index in [0.717, 1.165) is 26.0 Å². The third-order valence-electron chi connectivity index (χ3n) is 9.81. The van der Waals surface area contributed by atoms with Gasteiger partial charge in [-0.15, -0.1) is 0 Å². The molecule has 0 aliphatic heterocycles. The van der Waals surface area contributed by atoms with Gasteiger partial charge < -0.3 is 9.88 Å². The maximum absolute atomic E-state index is 3.77. The molecule has 0 unspecified atom stereocenters. The summed E-state index contributed by atoms with van der Waals surface area (Å²) in [7, 11) is 0. The fraction of sp³-hybridized carbons (Fsp3) is 0. The third kappa shape index (κ3) is 4.09. The molecule has 0 saturated carbocycles. The summed E-state index contributed by atoms with van der Waals surface area (Å²) in [6.45, 7) is 0. The van der Waals surface area contributed by atoms with E-state index in [1.807, 2.05) is 6.07 Å². The topological polar surface area (TPSA) is 17.0 Å². The van der Waals surface area contributed by atoms with E-state index in [0.29, 0.717) is 0 Å². The van der Waals surface area contributed by atoms with Crippen molar-refractivity contribution in [3.8, 4) is 16.8 Å². The van der Waals surface area contributed by atoms with E-state index in [4.69, 9.17) is 0 Å². The first kappa shape index (κ1) is 27.9. The van der Waals surface area contributed by atoms with Gasteiger partial charge in [-0.1, -0.05) is 129 Å². The first-order chi connectivity index (χ1) is 23.6. The lowest BCUT2D eigenvalue weighted by Crippen LogP contribution is -1.95. The van der Waals surface area contributed by atoms with Crippen LogP contribution in [-0.2, 0) is 0 Å². The Labute approximate surface area is 293 Å². The number of nitrogens with zero attached hydrogens (tertiary/aromatic N) is 1.